The van der Waals surface area contributed by atoms with Crippen LogP contribution in [0.1, 0.15) is 33.1 Å². The first-order valence-electron chi connectivity index (χ1n) is 5.02. The van der Waals surface area contributed by atoms with E-state index in [0.29, 0.717) is 18.4 Å². The average molecular weight is 183 g/mol. The molecule has 0 aromatic rings. The summed E-state index contributed by atoms with van der Waals surface area (Å²) in [5.74, 6) is 1.13. The van der Waals surface area contributed by atoms with E-state index in [1.807, 2.05) is 6.08 Å². The van der Waals surface area contributed by atoms with Crippen molar-refractivity contribution in [1.29, 1.82) is 5.41 Å². The largest absolute Gasteiger partial charge is 0.396 e. The van der Waals surface area contributed by atoms with Crippen LogP contribution in [0.4, 0.5) is 0 Å². The SMILES string of the molecule is CCC(CCO)CC(C)/C=C\C=N. The van der Waals surface area contributed by atoms with E-state index in [-0.39, 0.29) is 0 Å². The minimum Gasteiger partial charge on any atom is -0.396 e. The molecule has 0 aromatic carbocycles. The van der Waals surface area contributed by atoms with Crippen molar-refractivity contribution in [3.8, 4) is 0 Å². The molecule has 0 bridgehead atoms. The topological polar surface area (TPSA) is 44.1 Å². The number of rotatable bonds is 7. The Kier molecular flexibility index (Phi) is 7.60. The normalized spacial score (nSPS) is 15.9. The highest BCUT2D eigenvalue weighted by molar-refractivity contribution is 5.67. The van der Waals surface area contributed by atoms with Crippen molar-refractivity contribution < 1.29 is 5.11 Å². The lowest BCUT2D eigenvalue weighted by molar-refractivity contribution is 0.243. The molecule has 0 aliphatic heterocycles. The molecule has 0 rings (SSSR count). The molecule has 0 aliphatic rings. The standard InChI is InChI=1S/C11H21NO/c1-3-11(6-8-13)9-10(2)5-4-7-12/h4-5,7,10-13H,3,6,8-9H2,1-2H3/b5-4-,12-7?. The quantitative estimate of drug-likeness (QED) is 0.585. The molecule has 76 valence electrons. The van der Waals surface area contributed by atoms with Crippen molar-refractivity contribution in [1.82, 2.24) is 0 Å². The maximum Gasteiger partial charge on any atom is 0.0433 e. The van der Waals surface area contributed by atoms with Gasteiger partial charge in [-0.1, -0.05) is 26.3 Å². The fraction of sp³-hybridized carbons (Fsp3) is 0.727. The van der Waals surface area contributed by atoms with Gasteiger partial charge in [-0.05, 0) is 30.8 Å². The molecule has 13 heavy (non-hydrogen) atoms. The third kappa shape index (κ3) is 6.52. The molecule has 0 radical (unpaired) electrons. The monoisotopic (exact) mass is 183 g/mol. The van der Waals surface area contributed by atoms with Gasteiger partial charge in [-0.15, -0.1) is 0 Å². The van der Waals surface area contributed by atoms with E-state index in [1.165, 1.54) is 6.21 Å². The van der Waals surface area contributed by atoms with Crippen LogP contribution in [0.25, 0.3) is 0 Å². The van der Waals surface area contributed by atoms with Crippen molar-refractivity contribution in [2.75, 3.05) is 6.61 Å². The smallest absolute Gasteiger partial charge is 0.0433 e. The van der Waals surface area contributed by atoms with Crippen LogP contribution >= 0.6 is 0 Å². The summed E-state index contributed by atoms with van der Waals surface area (Å²) in [5, 5.41) is 15.7. The summed E-state index contributed by atoms with van der Waals surface area (Å²) in [5.41, 5.74) is 0. The van der Waals surface area contributed by atoms with E-state index in [9.17, 15) is 0 Å². The van der Waals surface area contributed by atoms with Gasteiger partial charge in [0.25, 0.3) is 0 Å². The van der Waals surface area contributed by atoms with Crippen LogP contribution in [-0.4, -0.2) is 17.9 Å². The van der Waals surface area contributed by atoms with E-state index < -0.39 is 0 Å². The Morgan fingerprint density at radius 2 is 2.15 bits per heavy atom. The second-order valence-electron chi connectivity index (χ2n) is 3.55. The van der Waals surface area contributed by atoms with Gasteiger partial charge in [0.15, 0.2) is 0 Å². The molecule has 2 atom stereocenters. The van der Waals surface area contributed by atoms with Gasteiger partial charge < -0.3 is 10.5 Å². The summed E-state index contributed by atoms with van der Waals surface area (Å²) < 4.78 is 0. The first-order valence-corrected chi connectivity index (χ1v) is 5.02. The van der Waals surface area contributed by atoms with Crippen LogP contribution in [0.3, 0.4) is 0 Å². The number of aliphatic hydroxyl groups excluding tert-OH is 1. The molecule has 0 saturated heterocycles. The zero-order valence-electron chi connectivity index (χ0n) is 8.66. The molecular formula is C11H21NO. The van der Waals surface area contributed by atoms with E-state index in [2.05, 4.69) is 13.8 Å². The Morgan fingerprint density at radius 1 is 1.46 bits per heavy atom. The highest BCUT2D eigenvalue weighted by atomic mass is 16.3. The maximum atomic E-state index is 8.80. The van der Waals surface area contributed by atoms with Crippen molar-refractivity contribution in [3.63, 3.8) is 0 Å². The highest BCUT2D eigenvalue weighted by Gasteiger charge is 2.08. The van der Waals surface area contributed by atoms with Crippen molar-refractivity contribution in [2.24, 2.45) is 11.8 Å². The zero-order valence-corrected chi connectivity index (χ0v) is 8.66. The summed E-state index contributed by atoms with van der Waals surface area (Å²) in [7, 11) is 0. The molecule has 0 fully saturated rings. The van der Waals surface area contributed by atoms with Crippen LogP contribution in [-0.2, 0) is 0 Å². The molecule has 0 aliphatic carbocycles. The Morgan fingerprint density at radius 3 is 2.62 bits per heavy atom. The number of nitrogens with one attached hydrogen (secondary N) is 1. The first-order chi connectivity index (χ1) is 6.24. The van der Waals surface area contributed by atoms with Crippen LogP contribution in [0, 0.1) is 17.2 Å². The van der Waals surface area contributed by atoms with Crippen molar-refractivity contribution >= 4 is 6.21 Å². The van der Waals surface area contributed by atoms with E-state index in [0.717, 1.165) is 19.3 Å². The summed E-state index contributed by atoms with van der Waals surface area (Å²) in [6.07, 6.45) is 8.27. The molecule has 0 aromatic heterocycles. The molecule has 0 heterocycles. The van der Waals surface area contributed by atoms with Gasteiger partial charge in [0.1, 0.15) is 0 Å². The zero-order chi connectivity index (χ0) is 10.1. The molecule has 0 spiro atoms. The lowest BCUT2D eigenvalue weighted by Gasteiger charge is -2.15. The summed E-state index contributed by atoms with van der Waals surface area (Å²) >= 11 is 0. The lowest BCUT2D eigenvalue weighted by Crippen LogP contribution is -2.06. The van der Waals surface area contributed by atoms with Gasteiger partial charge in [0.05, 0.1) is 0 Å². The fourth-order valence-corrected chi connectivity index (χ4v) is 1.52. The number of hydrogen-bond acceptors (Lipinski definition) is 2. The third-order valence-electron chi connectivity index (χ3n) is 2.36. The Bertz CT molecular complexity index is 154. The third-order valence-corrected chi connectivity index (χ3v) is 2.36. The molecule has 2 nitrogen and oxygen atoms in total. The highest BCUT2D eigenvalue weighted by Crippen LogP contribution is 2.19. The van der Waals surface area contributed by atoms with E-state index in [4.69, 9.17) is 10.5 Å². The second-order valence-corrected chi connectivity index (χ2v) is 3.55. The van der Waals surface area contributed by atoms with Gasteiger partial charge in [-0.25, -0.2) is 0 Å². The minimum atomic E-state index is 0.291. The average Bonchev–Trinajstić information content (AvgIpc) is 2.14. The van der Waals surface area contributed by atoms with E-state index >= 15 is 0 Å². The van der Waals surface area contributed by atoms with Crippen LogP contribution in [0.15, 0.2) is 12.2 Å². The lowest BCUT2D eigenvalue weighted by atomic mass is 9.91. The first kappa shape index (κ1) is 12.4. The Hall–Kier alpha value is -0.630. The van der Waals surface area contributed by atoms with Gasteiger partial charge in [0, 0.05) is 12.8 Å². The van der Waals surface area contributed by atoms with Crippen LogP contribution < -0.4 is 0 Å². The summed E-state index contributed by atoms with van der Waals surface area (Å²) in [6.45, 7) is 4.60. The number of allylic oxidation sites excluding steroid dienone is 2. The maximum absolute atomic E-state index is 8.80. The van der Waals surface area contributed by atoms with Crippen LogP contribution in [0.5, 0.6) is 0 Å². The Labute approximate surface area is 81.2 Å². The molecule has 2 N–H and O–H groups in total. The minimum absolute atomic E-state index is 0.291. The molecular weight excluding hydrogens is 162 g/mol. The fourth-order valence-electron chi connectivity index (χ4n) is 1.52. The van der Waals surface area contributed by atoms with Gasteiger partial charge >= 0.3 is 0 Å². The molecule has 0 amide bonds. The van der Waals surface area contributed by atoms with Crippen LogP contribution in [0.2, 0.25) is 0 Å². The molecule has 0 saturated carbocycles. The predicted octanol–water partition coefficient (Wildman–Crippen LogP) is 2.63. The predicted molar refractivity (Wildman–Crippen MR) is 57.2 cm³/mol. The number of aliphatic hydroxyl groups is 1. The molecule has 2 unspecified atom stereocenters. The summed E-state index contributed by atoms with van der Waals surface area (Å²) in [4.78, 5) is 0. The van der Waals surface area contributed by atoms with Gasteiger partial charge in [-0.2, -0.15) is 0 Å². The second kappa shape index (κ2) is 7.99. The van der Waals surface area contributed by atoms with Gasteiger partial charge in [-0.3, -0.25) is 0 Å². The summed E-state index contributed by atoms with van der Waals surface area (Å²) in [6, 6.07) is 0. The van der Waals surface area contributed by atoms with Crippen molar-refractivity contribution in [3.05, 3.63) is 12.2 Å². The number of hydrogen-bond donors (Lipinski definition) is 2. The molecule has 2 heteroatoms. The van der Waals surface area contributed by atoms with Gasteiger partial charge in [0.2, 0.25) is 0 Å². The Balaban J connectivity index is 3.78. The van der Waals surface area contributed by atoms with E-state index in [1.54, 1.807) is 6.08 Å². The van der Waals surface area contributed by atoms with Crippen molar-refractivity contribution in [2.45, 2.75) is 33.1 Å².